The van der Waals surface area contributed by atoms with Crippen LogP contribution in [0.4, 0.5) is 8.78 Å². The number of aliphatic hydroxyl groups is 1. The number of nitrogens with zero attached hydrogens (tertiary/aromatic N) is 2. The Bertz CT molecular complexity index is 424. The number of amides is 1. The zero-order chi connectivity index (χ0) is 14.4. The lowest BCUT2D eigenvalue weighted by Crippen LogP contribution is -2.38. The van der Waals surface area contributed by atoms with Gasteiger partial charge in [-0.05, 0) is 28.4 Å². The van der Waals surface area contributed by atoms with Gasteiger partial charge in [-0.3, -0.25) is 4.79 Å². The lowest BCUT2D eigenvalue weighted by atomic mass is 10.3. The highest BCUT2D eigenvalue weighted by Crippen LogP contribution is 2.17. The number of rotatable bonds is 7. The van der Waals surface area contributed by atoms with E-state index in [1.165, 1.54) is 0 Å². The van der Waals surface area contributed by atoms with Crippen LogP contribution in [0.2, 0.25) is 0 Å². The molecule has 1 N–H and O–H groups in total. The molecule has 0 bridgehead atoms. The topological polar surface area (TPSA) is 45.5 Å². The van der Waals surface area contributed by atoms with E-state index in [2.05, 4.69) is 15.9 Å². The minimum atomic E-state index is -2.62. The van der Waals surface area contributed by atoms with E-state index >= 15 is 0 Å². The van der Waals surface area contributed by atoms with Gasteiger partial charge in [-0.2, -0.15) is 0 Å². The minimum absolute atomic E-state index is 0.0991. The maximum absolute atomic E-state index is 12.4. The SMILES string of the molecule is CCCn1cc(Br)cc1C(=O)N(CCO)CC(F)F. The van der Waals surface area contributed by atoms with Crippen molar-refractivity contribution in [3.63, 3.8) is 0 Å². The maximum atomic E-state index is 12.4. The molecule has 0 spiro atoms. The molecule has 0 fully saturated rings. The van der Waals surface area contributed by atoms with Crippen molar-refractivity contribution in [1.29, 1.82) is 0 Å². The van der Waals surface area contributed by atoms with Crippen LogP contribution >= 0.6 is 15.9 Å². The first kappa shape index (κ1) is 16.1. The third kappa shape index (κ3) is 4.58. The van der Waals surface area contributed by atoms with Gasteiger partial charge in [0.25, 0.3) is 12.3 Å². The molecule has 1 rings (SSSR count). The molecule has 0 aliphatic heterocycles. The summed E-state index contributed by atoms with van der Waals surface area (Å²) in [5, 5.41) is 8.87. The van der Waals surface area contributed by atoms with E-state index in [1.54, 1.807) is 16.8 Å². The maximum Gasteiger partial charge on any atom is 0.270 e. The molecule has 0 unspecified atom stereocenters. The molecule has 1 heterocycles. The molecule has 0 radical (unpaired) electrons. The first-order valence-corrected chi connectivity index (χ1v) is 6.82. The summed E-state index contributed by atoms with van der Waals surface area (Å²) in [5.74, 6) is -0.492. The Morgan fingerprint density at radius 2 is 2.26 bits per heavy atom. The summed E-state index contributed by atoms with van der Waals surface area (Å²) in [6, 6.07) is 1.60. The molecular weight excluding hydrogens is 322 g/mol. The lowest BCUT2D eigenvalue weighted by molar-refractivity contribution is 0.0500. The van der Waals surface area contributed by atoms with Crippen molar-refractivity contribution in [2.24, 2.45) is 0 Å². The highest BCUT2D eigenvalue weighted by atomic mass is 79.9. The van der Waals surface area contributed by atoms with Crippen LogP contribution in [-0.4, -0.2) is 46.6 Å². The number of carbonyl (C=O) groups is 1. The van der Waals surface area contributed by atoms with Crippen molar-refractivity contribution >= 4 is 21.8 Å². The second-order valence-electron chi connectivity index (χ2n) is 4.10. The second-order valence-corrected chi connectivity index (χ2v) is 5.02. The highest BCUT2D eigenvalue weighted by Gasteiger charge is 2.22. The largest absolute Gasteiger partial charge is 0.395 e. The fourth-order valence-corrected chi connectivity index (χ4v) is 2.27. The van der Waals surface area contributed by atoms with Gasteiger partial charge in [-0.1, -0.05) is 6.92 Å². The van der Waals surface area contributed by atoms with E-state index in [9.17, 15) is 13.6 Å². The molecule has 0 aromatic carbocycles. The quantitative estimate of drug-likeness (QED) is 0.829. The monoisotopic (exact) mass is 338 g/mol. The Balaban J connectivity index is 2.94. The third-order valence-electron chi connectivity index (χ3n) is 2.56. The normalized spacial score (nSPS) is 11.1. The van der Waals surface area contributed by atoms with Crippen LogP contribution < -0.4 is 0 Å². The molecule has 0 saturated carbocycles. The standard InChI is InChI=1S/C12H17BrF2N2O2/c1-2-3-16-7-9(13)6-10(16)12(19)17(4-5-18)8-11(14)15/h6-7,11,18H,2-5,8H2,1H3. The van der Waals surface area contributed by atoms with Gasteiger partial charge in [0.1, 0.15) is 5.69 Å². The summed E-state index contributed by atoms with van der Waals surface area (Å²) in [4.78, 5) is 13.2. The van der Waals surface area contributed by atoms with Gasteiger partial charge in [0.2, 0.25) is 0 Å². The highest BCUT2D eigenvalue weighted by molar-refractivity contribution is 9.10. The molecule has 0 aliphatic rings. The van der Waals surface area contributed by atoms with Crippen molar-refractivity contribution in [3.05, 3.63) is 22.4 Å². The Morgan fingerprint density at radius 1 is 1.58 bits per heavy atom. The summed E-state index contributed by atoms with van der Waals surface area (Å²) in [6.45, 7) is 1.49. The van der Waals surface area contributed by atoms with E-state index in [-0.39, 0.29) is 13.2 Å². The average molecular weight is 339 g/mol. The Labute approximate surface area is 119 Å². The van der Waals surface area contributed by atoms with Crippen LogP contribution in [0.5, 0.6) is 0 Å². The molecule has 0 atom stereocenters. The van der Waals surface area contributed by atoms with Crippen LogP contribution in [-0.2, 0) is 6.54 Å². The van der Waals surface area contributed by atoms with Crippen LogP contribution in [0.3, 0.4) is 0 Å². The Hall–Kier alpha value is -0.950. The smallest absolute Gasteiger partial charge is 0.270 e. The predicted octanol–water partition coefficient (Wildman–Crippen LogP) is 2.36. The molecule has 19 heavy (non-hydrogen) atoms. The van der Waals surface area contributed by atoms with Gasteiger partial charge in [0.15, 0.2) is 0 Å². The van der Waals surface area contributed by atoms with E-state index in [4.69, 9.17) is 5.11 Å². The number of hydrogen-bond donors (Lipinski definition) is 1. The molecule has 108 valence electrons. The van der Waals surface area contributed by atoms with Crippen molar-refractivity contribution in [1.82, 2.24) is 9.47 Å². The average Bonchev–Trinajstić information content (AvgIpc) is 2.69. The van der Waals surface area contributed by atoms with Crippen molar-refractivity contribution in [3.8, 4) is 0 Å². The second kappa shape index (κ2) is 7.59. The van der Waals surface area contributed by atoms with Gasteiger partial charge in [0, 0.05) is 23.8 Å². The number of halogens is 3. The van der Waals surface area contributed by atoms with Crippen LogP contribution in [0.25, 0.3) is 0 Å². The van der Waals surface area contributed by atoms with Crippen molar-refractivity contribution in [2.75, 3.05) is 19.7 Å². The summed E-state index contributed by atoms with van der Waals surface area (Å²) >= 11 is 3.27. The van der Waals surface area contributed by atoms with Gasteiger partial charge >= 0.3 is 0 Å². The molecule has 1 amide bonds. The van der Waals surface area contributed by atoms with Gasteiger partial charge < -0.3 is 14.6 Å². The van der Waals surface area contributed by atoms with Crippen molar-refractivity contribution in [2.45, 2.75) is 26.3 Å². The van der Waals surface area contributed by atoms with Gasteiger partial charge in [-0.15, -0.1) is 0 Å². The molecule has 1 aromatic rings. The number of aliphatic hydroxyl groups excluding tert-OH is 1. The molecular formula is C12H17BrF2N2O2. The predicted molar refractivity (Wildman–Crippen MR) is 71.4 cm³/mol. The third-order valence-corrected chi connectivity index (χ3v) is 3.00. The molecule has 0 aliphatic carbocycles. The number of aromatic nitrogens is 1. The number of carbonyl (C=O) groups excluding carboxylic acids is 1. The van der Waals surface area contributed by atoms with Gasteiger partial charge in [0.05, 0.1) is 13.2 Å². The summed E-state index contributed by atoms with van der Waals surface area (Å²) in [7, 11) is 0. The van der Waals surface area contributed by atoms with Crippen LogP contribution in [0.1, 0.15) is 23.8 Å². The van der Waals surface area contributed by atoms with Gasteiger partial charge in [-0.25, -0.2) is 8.78 Å². The van der Waals surface area contributed by atoms with E-state index in [1.807, 2.05) is 6.92 Å². The first-order chi connectivity index (χ1) is 8.99. The van der Waals surface area contributed by atoms with Crippen LogP contribution in [0, 0.1) is 0 Å². The Morgan fingerprint density at radius 3 is 2.79 bits per heavy atom. The van der Waals surface area contributed by atoms with Crippen LogP contribution in [0.15, 0.2) is 16.7 Å². The summed E-state index contributed by atoms with van der Waals surface area (Å²) in [6.07, 6.45) is -0.0412. The molecule has 1 aromatic heterocycles. The van der Waals surface area contributed by atoms with Crippen molar-refractivity contribution < 1.29 is 18.7 Å². The van der Waals surface area contributed by atoms with E-state index < -0.39 is 18.9 Å². The number of alkyl halides is 2. The van der Waals surface area contributed by atoms with E-state index in [0.29, 0.717) is 12.2 Å². The number of aryl methyl sites for hydroxylation is 1. The first-order valence-electron chi connectivity index (χ1n) is 6.03. The lowest BCUT2D eigenvalue weighted by Gasteiger charge is -2.22. The fourth-order valence-electron chi connectivity index (χ4n) is 1.80. The minimum Gasteiger partial charge on any atom is -0.395 e. The summed E-state index contributed by atoms with van der Waals surface area (Å²) < 4.78 is 27.3. The molecule has 7 heteroatoms. The summed E-state index contributed by atoms with van der Waals surface area (Å²) in [5.41, 5.74) is 0.350. The molecule has 0 saturated heterocycles. The molecule has 4 nitrogen and oxygen atoms in total. The Kier molecular flexibility index (Phi) is 6.44. The van der Waals surface area contributed by atoms with E-state index in [0.717, 1.165) is 15.8 Å². The zero-order valence-electron chi connectivity index (χ0n) is 10.7. The zero-order valence-corrected chi connectivity index (χ0v) is 12.2. The fraction of sp³-hybridized carbons (Fsp3) is 0.583. The number of hydrogen-bond acceptors (Lipinski definition) is 2.